The maximum Gasteiger partial charge on any atom is 0.264 e. The molecule has 0 aliphatic carbocycles. The van der Waals surface area contributed by atoms with Crippen LogP contribution in [0.3, 0.4) is 0 Å². The van der Waals surface area contributed by atoms with Gasteiger partial charge in [0, 0.05) is 0 Å². The lowest BCUT2D eigenvalue weighted by Crippen LogP contribution is -2.11. The van der Waals surface area contributed by atoms with E-state index in [2.05, 4.69) is 46.7 Å². The van der Waals surface area contributed by atoms with Crippen LogP contribution in [0, 0.1) is 7.40 Å². The van der Waals surface area contributed by atoms with Crippen LogP contribution >= 0.6 is 45.2 Å². The van der Waals surface area contributed by atoms with Gasteiger partial charge in [0.1, 0.15) is 27.2 Å². The Morgan fingerprint density at radius 3 is 1.77 bits per heavy atom. The zero-order chi connectivity index (χ0) is 19.4. The lowest BCUT2D eigenvalue weighted by atomic mass is 10.7. The fourth-order valence-electron chi connectivity index (χ4n) is 1.23. The fourth-order valence-corrected chi connectivity index (χ4v) is 2.16. The van der Waals surface area contributed by atoms with Crippen molar-refractivity contribution in [2.75, 3.05) is 32.7 Å². The molecule has 13 heteroatoms. The number of hydrogen-bond acceptors (Lipinski definition) is 10. The zero-order valence-electron chi connectivity index (χ0n) is 13.6. The van der Waals surface area contributed by atoms with Gasteiger partial charge in [-0.1, -0.05) is 0 Å². The summed E-state index contributed by atoms with van der Waals surface area (Å²) >= 11 is 4.07. The lowest BCUT2D eigenvalue weighted by Gasteiger charge is -2.04. The molecule has 2 heterocycles. The molecular weight excluding hydrogens is 594 g/mol. The summed E-state index contributed by atoms with van der Waals surface area (Å²) in [7, 11) is -3.40. The van der Waals surface area contributed by atoms with E-state index in [1.807, 2.05) is 22.6 Å². The number of aliphatic hydroxyl groups is 1. The van der Waals surface area contributed by atoms with Crippen molar-refractivity contribution in [3.8, 4) is 11.8 Å². The number of hydrogen-bond donors (Lipinski definition) is 1. The third-order valence-corrected chi connectivity index (χ3v) is 3.87. The highest BCUT2D eigenvalue weighted by Gasteiger charge is 2.02. The van der Waals surface area contributed by atoms with E-state index in [9.17, 15) is 8.42 Å². The van der Waals surface area contributed by atoms with Gasteiger partial charge < -0.3 is 14.6 Å². The van der Waals surface area contributed by atoms with Crippen molar-refractivity contribution in [1.82, 2.24) is 19.9 Å². The fraction of sp³-hybridized carbons (Fsp3) is 0.385. The number of aliphatic hydroxyl groups excluding tert-OH is 1. The van der Waals surface area contributed by atoms with E-state index in [0.29, 0.717) is 11.8 Å². The Hall–Kier alpha value is -0.910. The van der Waals surface area contributed by atoms with Crippen LogP contribution in [-0.2, 0) is 14.3 Å². The summed E-state index contributed by atoms with van der Waals surface area (Å²) in [5, 5.41) is 8.41. The van der Waals surface area contributed by atoms with Gasteiger partial charge in [-0.25, -0.2) is 19.9 Å². The maximum absolute atomic E-state index is 10.6. The first-order valence-corrected chi connectivity index (χ1v) is 10.9. The molecule has 0 unspecified atom stereocenters. The molecule has 0 spiro atoms. The molecule has 0 bridgehead atoms. The molecule has 0 amide bonds. The topological polar surface area (TPSA) is 134 Å². The van der Waals surface area contributed by atoms with Gasteiger partial charge in [-0.05, 0) is 45.2 Å². The molecule has 2 rings (SSSR count). The second kappa shape index (κ2) is 12.5. The minimum Gasteiger partial charge on any atom is -0.474 e. The molecule has 2 aromatic heterocycles. The molecule has 0 atom stereocenters. The van der Waals surface area contributed by atoms with Gasteiger partial charge in [0.05, 0.1) is 37.7 Å². The van der Waals surface area contributed by atoms with E-state index in [1.165, 1.54) is 12.4 Å². The molecule has 1 N–H and O–H groups in total. The Labute approximate surface area is 178 Å². The summed E-state index contributed by atoms with van der Waals surface area (Å²) in [6, 6.07) is 0. The maximum atomic E-state index is 10.6. The van der Waals surface area contributed by atoms with Crippen LogP contribution in [0.5, 0.6) is 11.8 Å². The van der Waals surface area contributed by atoms with E-state index in [-0.39, 0.29) is 26.4 Å². The van der Waals surface area contributed by atoms with Crippen molar-refractivity contribution >= 4 is 55.3 Å². The molecule has 2 aromatic rings. The van der Waals surface area contributed by atoms with Gasteiger partial charge in [-0.2, -0.15) is 8.42 Å². The summed E-state index contributed by atoms with van der Waals surface area (Å²) in [4.78, 5) is 15.7. The lowest BCUT2D eigenvalue weighted by molar-refractivity contribution is 0.196. The summed E-state index contributed by atoms with van der Waals surface area (Å²) in [5.41, 5.74) is 0. The number of nitrogens with zero attached hydrogens (tertiary/aromatic N) is 4. The molecule has 0 aliphatic heterocycles. The predicted molar refractivity (Wildman–Crippen MR) is 108 cm³/mol. The molecule has 144 valence electrons. The molecule has 10 nitrogen and oxygen atoms in total. The average Bonchev–Trinajstić information content (AvgIpc) is 2.60. The zero-order valence-corrected chi connectivity index (χ0v) is 18.7. The first-order valence-electron chi connectivity index (χ1n) is 6.96. The first kappa shape index (κ1) is 23.1. The van der Waals surface area contributed by atoms with Gasteiger partial charge in [-0.3, -0.25) is 4.18 Å². The van der Waals surface area contributed by atoms with Crippen LogP contribution in [-0.4, -0.2) is 66.1 Å². The van der Waals surface area contributed by atoms with E-state index in [4.69, 9.17) is 14.6 Å². The Kier molecular flexibility index (Phi) is 11.1. The average molecular weight is 610 g/mol. The Morgan fingerprint density at radius 2 is 1.38 bits per heavy atom. The SMILES string of the molecule is CS(=O)(=O)OCCOc1cnc(I)cn1.OCCOc1cnc(I)cn1. The van der Waals surface area contributed by atoms with E-state index in [1.54, 1.807) is 12.4 Å². The Morgan fingerprint density at radius 1 is 0.885 bits per heavy atom. The van der Waals surface area contributed by atoms with Crippen LogP contribution < -0.4 is 9.47 Å². The van der Waals surface area contributed by atoms with Crippen molar-refractivity contribution in [2.45, 2.75) is 0 Å². The predicted octanol–water partition coefficient (Wildman–Crippen LogP) is 0.888. The van der Waals surface area contributed by atoms with Crippen LogP contribution in [0.1, 0.15) is 0 Å². The summed E-state index contributed by atoms with van der Waals surface area (Å²) in [5.74, 6) is 0.784. The standard InChI is InChI=1S/C7H9IN2O4S.C6H7IN2O2/c1-15(11,12)14-3-2-13-7-5-9-6(8)4-10-7;7-5-3-9-6(4-8-5)11-2-1-10/h4-5H,2-3H2,1H3;3-4,10H,1-2H2. The minimum absolute atomic E-state index is 0.00628. The van der Waals surface area contributed by atoms with Crippen molar-refractivity contribution in [3.05, 3.63) is 32.2 Å². The smallest absolute Gasteiger partial charge is 0.264 e. The van der Waals surface area contributed by atoms with Crippen molar-refractivity contribution in [3.63, 3.8) is 0 Å². The van der Waals surface area contributed by atoms with Crippen LogP contribution in [0.4, 0.5) is 0 Å². The molecular formula is C13H16I2N4O6S. The van der Waals surface area contributed by atoms with Crippen LogP contribution in [0.2, 0.25) is 0 Å². The van der Waals surface area contributed by atoms with Gasteiger partial charge in [0.15, 0.2) is 0 Å². The third-order valence-electron chi connectivity index (χ3n) is 2.17. The number of aromatic nitrogens is 4. The van der Waals surface area contributed by atoms with Gasteiger partial charge >= 0.3 is 0 Å². The summed E-state index contributed by atoms with van der Waals surface area (Å²) in [6.45, 7) is 0.331. The second-order valence-corrected chi connectivity index (χ2v) is 8.16. The third kappa shape index (κ3) is 11.7. The molecule has 0 radical (unpaired) electrons. The Balaban J connectivity index is 0.000000273. The van der Waals surface area contributed by atoms with Gasteiger partial charge in [0.2, 0.25) is 11.8 Å². The number of ether oxygens (including phenoxy) is 2. The first-order chi connectivity index (χ1) is 12.3. The van der Waals surface area contributed by atoms with E-state index < -0.39 is 10.1 Å². The van der Waals surface area contributed by atoms with Crippen LogP contribution in [0.25, 0.3) is 0 Å². The van der Waals surface area contributed by atoms with E-state index in [0.717, 1.165) is 13.7 Å². The number of rotatable bonds is 8. The van der Waals surface area contributed by atoms with E-state index >= 15 is 0 Å². The monoisotopic (exact) mass is 610 g/mol. The normalized spacial score (nSPS) is 10.6. The number of halogens is 2. The van der Waals surface area contributed by atoms with Crippen molar-refractivity contribution < 1.29 is 27.2 Å². The second-order valence-electron chi connectivity index (χ2n) is 4.30. The molecule has 26 heavy (non-hydrogen) atoms. The van der Waals surface area contributed by atoms with Gasteiger partial charge in [-0.15, -0.1) is 0 Å². The summed E-state index contributed by atoms with van der Waals surface area (Å²) < 4.78 is 37.3. The van der Waals surface area contributed by atoms with Gasteiger partial charge in [0.25, 0.3) is 10.1 Å². The summed E-state index contributed by atoms with van der Waals surface area (Å²) in [6.07, 6.45) is 7.12. The molecule has 0 saturated heterocycles. The highest BCUT2D eigenvalue weighted by atomic mass is 127. The molecule has 0 aromatic carbocycles. The van der Waals surface area contributed by atoms with Crippen LogP contribution in [0.15, 0.2) is 24.8 Å². The molecule has 0 saturated carbocycles. The highest BCUT2D eigenvalue weighted by Crippen LogP contribution is 2.05. The highest BCUT2D eigenvalue weighted by molar-refractivity contribution is 14.1. The minimum atomic E-state index is -3.40. The molecule has 0 aliphatic rings. The largest absolute Gasteiger partial charge is 0.474 e. The van der Waals surface area contributed by atoms with Crippen molar-refractivity contribution in [1.29, 1.82) is 0 Å². The quantitative estimate of drug-likeness (QED) is 0.261. The van der Waals surface area contributed by atoms with Crippen molar-refractivity contribution in [2.24, 2.45) is 0 Å². The Bertz CT molecular complexity index is 746. The molecule has 0 fully saturated rings.